The number of nitrogens with zero attached hydrogens (tertiary/aromatic N) is 1. The maximum atomic E-state index is 13.3. The number of halogens is 2. The Hall–Kier alpha value is -0.670. The van der Waals surface area contributed by atoms with E-state index in [2.05, 4.69) is 13.8 Å². The van der Waals surface area contributed by atoms with Gasteiger partial charge in [0.15, 0.2) is 0 Å². The summed E-state index contributed by atoms with van der Waals surface area (Å²) in [6.45, 7) is 4.61. The maximum Gasteiger partial charge on any atom is 0.248 e. The highest BCUT2D eigenvalue weighted by atomic mass is 19.3. The molecule has 0 N–H and O–H groups in total. The fourth-order valence-corrected chi connectivity index (χ4v) is 4.93. The van der Waals surface area contributed by atoms with Crippen molar-refractivity contribution >= 4 is 5.91 Å². The van der Waals surface area contributed by atoms with Gasteiger partial charge in [-0.15, -0.1) is 0 Å². The first-order chi connectivity index (χ1) is 11.7. The van der Waals surface area contributed by atoms with Crippen LogP contribution in [0.25, 0.3) is 0 Å². The van der Waals surface area contributed by atoms with Gasteiger partial charge in [0.25, 0.3) is 0 Å². The van der Waals surface area contributed by atoms with Crippen molar-refractivity contribution in [1.82, 2.24) is 4.90 Å². The number of amides is 1. The number of hydrogen-bond acceptors (Lipinski definition) is 1. The number of alkyl halides is 2. The van der Waals surface area contributed by atoms with Crippen LogP contribution in [-0.2, 0) is 4.79 Å². The Morgan fingerprint density at radius 3 is 1.80 bits per heavy atom. The zero-order valence-electron chi connectivity index (χ0n) is 16.6. The standard InChI is InChI=1S/C21H37F2NO/c1-15(17-7-9-19(10-8-17)20(25)24(3)4)5-6-16(2)18-11-13-21(22,23)14-12-18/h15-19H,5-14H2,1-4H3. The SMILES string of the molecule is CC(CCC(C)C1CCC(F)(F)CC1)C1CCC(C(=O)N(C)C)CC1. The predicted molar refractivity (Wildman–Crippen MR) is 98.6 cm³/mol. The van der Waals surface area contributed by atoms with Crippen molar-refractivity contribution < 1.29 is 13.6 Å². The highest BCUT2D eigenvalue weighted by Gasteiger charge is 2.36. The summed E-state index contributed by atoms with van der Waals surface area (Å²) in [6, 6.07) is 0. The van der Waals surface area contributed by atoms with Crippen molar-refractivity contribution in [3.05, 3.63) is 0 Å². The van der Waals surface area contributed by atoms with E-state index in [9.17, 15) is 13.6 Å². The Labute approximate surface area is 152 Å². The average Bonchev–Trinajstić information content (AvgIpc) is 2.58. The van der Waals surface area contributed by atoms with Crippen molar-refractivity contribution in [2.24, 2.45) is 29.6 Å². The minimum absolute atomic E-state index is 0.0848. The summed E-state index contributed by atoms with van der Waals surface area (Å²) in [5, 5.41) is 0. The van der Waals surface area contributed by atoms with E-state index >= 15 is 0 Å². The monoisotopic (exact) mass is 357 g/mol. The zero-order valence-corrected chi connectivity index (χ0v) is 16.6. The largest absolute Gasteiger partial charge is 0.349 e. The lowest BCUT2D eigenvalue weighted by molar-refractivity contribution is -0.134. The van der Waals surface area contributed by atoms with E-state index in [0.717, 1.165) is 38.0 Å². The molecule has 2 aliphatic rings. The molecule has 4 heteroatoms. The summed E-state index contributed by atoms with van der Waals surface area (Å²) in [5.74, 6) is 0.559. The average molecular weight is 358 g/mol. The molecule has 2 aliphatic carbocycles. The molecule has 0 bridgehead atoms. The zero-order chi connectivity index (χ0) is 18.6. The molecule has 0 heterocycles. The number of carbonyl (C=O) groups excluding carboxylic acids is 1. The minimum atomic E-state index is -2.41. The molecule has 0 aromatic heterocycles. The van der Waals surface area contributed by atoms with E-state index in [1.54, 1.807) is 4.90 Å². The van der Waals surface area contributed by atoms with Gasteiger partial charge in [0.1, 0.15) is 0 Å². The highest BCUT2D eigenvalue weighted by Crippen LogP contribution is 2.41. The van der Waals surface area contributed by atoms with Crippen molar-refractivity contribution in [2.75, 3.05) is 14.1 Å². The highest BCUT2D eigenvalue weighted by molar-refractivity contribution is 5.78. The summed E-state index contributed by atoms with van der Waals surface area (Å²) in [6.07, 6.45) is 8.30. The van der Waals surface area contributed by atoms with Crippen molar-refractivity contribution in [1.29, 1.82) is 0 Å². The lowest BCUT2D eigenvalue weighted by Crippen LogP contribution is -2.33. The number of rotatable bonds is 6. The summed E-state index contributed by atoms with van der Waals surface area (Å²) in [7, 11) is 3.69. The molecule has 0 spiro atoms. The normalized spacial score (nSPS) is 29.8. The van der Waals surface area contributed by atoms with E-state index in [1.807, 2.05) is 14.1 Å². The quantitative estimate of drug-likeness (QED) is 0.592. The van der Waals surface area contributed by atoms with Gasteiger partial charge in [-0.1, -0.05) is 26.7 Å². The molecule has 0 aliphatic heterocycles. The van der Waals surface area contributed by atoms with Crippen LogP contribution in [0.5, 0.6) is 0 Å². The minimum Gasteiger partial charge on any atom is -0.349 e. The molecule has 2 rings (SSSR count). The molecule has 0 saturated heterocycles. The lowest BCUT2D eigenvalue weighted by Gasteiger charge is -2.35. The van der Waals surface area contributed by atoms with E-state index in [-0.39, 0.29) is 24.7 Å². The summed E-state index contributed by atoms with van der Waals surface area (Å²) < 4.78 is 26.6. The Morgan fingerprint density at radius 1 is 0.920 bits per heavy atom. The van der Waals surface area contributed by atoms with Gasteiger partial charge in [0, 0.05) is 32.9 Å². The van der Waals surface area contributed by atoms with E-state index < -0.39 is 5.92 Å². The second-order valence-electron chi connectivity index (χ2n) is 9.07. The van der Waals surface area contributed by atoms with Crippen LogP contribution in [-0.4, -0.2) is 30.8 Å². The second-order valence-corrected chi connectivity index (χ2v) is 9.07. The summed E-state index contributed by atoms with van der Waals surface area (Å²) in [5.41, 5.74) is 0. The molecule has 0 aromatic rings. The van der Waals surface area contributed by atoms with Crippen molar-refractivity contribution in [3.8, 4) is 0 Å². The van der Waals surface area contributed by atoms with E-state index in [4.69, 9.17) is 0 Å². The molecule has 2 fully saturated rings. The van der Waals surface area contributed by atoms with Gasteiger partial charge in [0.2, 0.25) is 11.8 Å². The number of carbonyl (C=O) groups is 1. The first kappa shape index (κ1) is 20.6. The van der Waals surface area contributed by atoms with Gasteiger partial charge >= 0.3 is 0 Å². The van der Waals surface area contributed by atoms with Crippen LogP contribution in [0.2, 0.25) is 0 Å². The van der Waals surface area contributed by atoms with Crippen LogP contribution < -0.4 is 0 Å². The van der Waals surface area contributed by atoms with Crippen LogP contribution >= 0.6 is 0 Å². The third kappa shape index (κ3) is 5.92. The molecule has 0 aromatic carbocycles. The molecule has 1 amide bonds. The van der Waals surface area contributed by atoms with Crippen LogP contribution in [0.3, 0.4) is 0 Å². The molecule has 2 nitrogen and oxygen atoms in total. The second kappa shape index (κ2) is 8.81. The van der Waals surface area contributed by atoms with Crippen LogP contribution in [0.15, 0.2) is 0 Å². The molecule has 0 radical (unpaired) electrons. The van der Waals surface area contributed by atoms with Gasteiger partial charge < -0.3 is 4.90 Å². The molecule has 25 heavy (non-hydrogen) atoms. The van der Waals surface area contributed by atoms with Gasteiger partial charge in [-0.05, 0) is 62.2 Å². The molecular formula is C21H37F2NO. The maximum absolute atomic E-state index is 13.3. The van der Waals surface area contributed by atoms with Crippen LogP contribution in [0.1, 0.15) is 78.1 Å². The van der Waals surface area contributed by atoms with Gasteiger partial charge in [-0.3, -0.25) is 4.79 Å². The smallest absolute Gasteiger partial charge is 0.248 e. The molecular weight excluding hydrogens is 320 g/mol. The fourth-order valence-electron chi connectivity index (χ4n) is 4.93. The Kier molecular flexibility index (Phi) is 7.28. The topological polar surface area (TPSA) is 20.3 Å². The Balaban J connectivity index is 1.69. The first-order valence-electron chi connectivity index (χ1n) is 10.3. The van der Waals surface area contributed by atoms with Crippen molar-refractivity contribution in [3.63, 3.8) is 0 Å². The van der Waals surface area contributed by atoms with Crippen LogP contribution in [0.4, 0.5) is 8.78 Å². The predicted octanol–water partition coefficient (Wildman–Crippen LogP) is 5.76. The first-order valence-corrected chi connectivity index (χ1v) is 10.3. The molecule has 2 unspecified atom stereocenters. The molecule has 2 saturated carbocycles. The summed E-state index contributed by atoms with van der Waals surface area (Å²) >= 11 is 0. The van der Waals surface area contributed by atoms with Crippen LogP contribution in [0, 0.1) is 29.6 Å². The number of hydrogen-bond donors (Lipinski definition) is 0. The fraction of sp³-hybridized carbons (Fsp3) is 0.952. The van der Waals surface area contributed by atoms with E-state index in [0.29, 0.717) is 30.6 Å². The summed E-state index contributed by atoms with van der Waals surface area (Å²) in [4.78, 5) is 13.8. The Bertz CT molecular complexity index is 420. The van der Waals surface area contributed by atoms with Crippen molar-refractivity contribution in [2.45, 2.75) is 84.0 Å². The lowest BCUT2D eigenvalue weighted by atomic mass is 9.72. The van der Waals surface area contributed by atoms with E-state index in [1.165, 1.54) is 6.42 Å². The van der Waals surface area contributed by atoms with Gasteiger partial charge in [-0.25, -0.2) is 8.78 Å². The van der Waals surface area contributed by atoms with Gasteiger partial charge in [-0.2, -0.15) is 0 Å². The Morgan fingerprint density at radius 2 is 1.36 bits per heavy atom. The molecule has 2 atom stereocenters. The third-order valence-corrected chi connectivity index (χ3v) is 7.01. The third-order valence-electron chi connectivity index (χ3n) is 7.01. The van der Waals surface area contributed by atoms with Gasteiger partial charge in [0.05, 0.1) is 0 Å². The molecule has 146 valence electrons.